The molecule has 0 bridgehead atoms. The molecule has 114 valence electrons. The Morgan fingerprint density at radius 1 is 1.17 bits per heavy atom. The third kappa shape index (κ3) is 3.18. The smallest absolute Gasteiger partial charge is 0.335 e. The number of methoxy groups -OCH3 is 1. The van der Waals surface area contributed by atoms with Crippen LogP contribution in [0.15, 0.2) is 59.6 Å². The van der Waals surface area contributed by atoms with Gasteiger partial charge in [-0.15, -0.1) is 0 Å². The lowest BCUT2D eigenvalue weighted by Crippen LogP contribution is -1.96. The molecule has 3 aromatic rings. The lowest BCUT2D eigenvalue weighted by Gasteiger charge is -2.05. The first-order chi connectivity index (χ1) is 11.2. The normalized spacial score (nSPS) is 11.0. The van der Waals surface area contributed by atoms with Gasteiger partial charge in [-0.3, -0.25) is 4.99 Å². The Labute approximate surface area is 132 Å². The molecule has 0 saturated carbocycles. The summed E-state index contributed by atoms with van der Waals surface area (Å²) in [6, 6.07) is 16.2. The molecule has 1 N–H and O–H groups in total. The van der Waals surface area contributed by atoms with Crippen molar-refractivity contribution < 1.29 is 14.6 Å². The van der Waals surface area contributed by atoms with Crippen LogP contribution in [0.3, 0.4) is 0 Å². The van der Waals surface area contributed by atoms with Gasteiger partial charge in [-0.05, 0) is 30.3 Å². The zero-order valence-electron chi connectivity index (χ0n) is 12.4. The average Bonchev–Trinajstić information content (AvgIpc) is 2.59. The molecule has 0 fully saturated rings. The first-order valence-corrected chi connectivity index (χ1v) is 6.98. The predicted octanol–water partition coefficient (Wildman–Crippen LogP) is 3.69. The molecule has 1 aromatic heterocycles. The van der Waals surface area contributed by atoms with Crippen molar-refractivity contribution in [2.45, 2.75) is 0 Å². The number of rotatable bonds is 4. The van der Waals surface area contributed by atoms with Crippen molar-refractivity contribution in [3.8, 4) is 5.75 Å². The van der Waals surface area contributed by atoms with Crippen LogP contribution in [-0.2, 0) is 0 Å². The van der Waals surface area contributed by atoms with E-state index in [0.29, 0.717) is 17.1 Å². The van der Waals surface area contributed by atoms with E-state index < -0.39 is 5.97 Å². The van der Waals surface area contributed by atoms with Gasteiger partial charge in [-0.25, -0.2) is 9.78 Å². The third-order valence-corrected chi connectivity index (χ3v) is 3.38. The second kappa shape index (κ2) is 6.27. The van der Waals surface area contributed by atoms with Crippen molar-refractivity contribution in [3.05, 3.63) is 65.9 Å². The Hall–Kier alpha value is -3.21. The van der Waals surface area contributed by atoms with Gasteiger partial charge in [0.2, 0.25) is 0 Å². The molecule has 0 atom stereocenters. The SMILES string of the molecule is COc1cc(C(=O)O)ccc1N=Cc1ccc2ccccc2n1. The molecule has 3 rings (SSSR count). The number of carboxylic acid groups (broad SMARTS) is 1. The van der Waals surface area contributed by atoms with Gasteiger partial charge in [0.25, 0.3) is 0 Å². The van der Waals surface area contributed by atoms with Gasteiger partial charge in [-0.2, -0.15) is 0 Å². The standard InChI is InChI=1S/C18H14N2O3/c1-23-17-10-13(18(21)22)7-9-16(17)19-11-14-8-6-12-4-2-3-5-15(12)20-14/h2-11H,1H3,(H,21,22). The number of benzene rings is 2. The fourth-order valence-corrected chi connectivity index (χ4v) is 2.21. The molecular formula is C18H14N2O3. The van der Waals surface area contributed by atoms with E-state index >= 15 is 0 Å². The highest BCUT2D eigenvalue weighted by atomic mass is 16.5. The van der Waals surface area contributed by atoms with Crippen LogP contribution in [0, 0.1) is 0 Å². The van der Waals surface area contributed by atoms with Gasteiger partial charge in [0.1, 0.15) is 11.4 Å². The molecule has 5 nitrogen and oxygen atoms in total. The van der Waals surface area contributed by atoms with E-state index in [-0.39, 0.29) is 5.56 Å². The molecule has 23 heavy (non-hydrogen) atoms. The third-order valence-electron chi connectivity index (χ3n) is 3.38. The maximum absolute atomic E-state index is 11.0. The van der Waals surface area contributed by atoms with E-state index in [9.17, 15) is 4.79 Å². The van der Waals surface area contributed by atoms with E-state index in [0.717, 1.165) is 10.9 Å². The van der Waals surface area contributed by atoms with Crippen LogP contribution < -0.4 is 4.74 Å². The number of nitrogens with zero attached hydrogens (tertiary/aromatic N) is 2. The molecule has 0 aliphatic heterocycles. The summed E-state index contributed by atoms with van der Waals surface area (Å²) >= 11 is 0. The van der Waals surface area contributed by atoms with Gasteiger partial charge < -0.3 is 9.84 Å². The highest BCUT2D eigenvalue weighted by molar-refractivity contribution is 5.90. The highest BCUT2D eigenvalue weighted by Gasteiger charge is 2.08. The van der Waals surface area contributed by atoms with E-state index in [4.69, 9.17) is 9.84 Å². The summed E-state index contributed by atoms with van der Waals surface area (Å²) in [6.07, 6.45) is 1.63. The second-order valence-electron chi connectivity index (χ2n) is 4.88. The summed E-state index contributed by atoms with van der Waals surface area (Å²) in [5, 5.41) is 10.1. The number of aliphatic imine (C=N–C) groups is 1. The van der Waals surface area contributed by atoms with Gasteiger partial charge in [0.05, 0.1) is 30.1 Å². The van der Waals surface area contributed by atoms with Crippen LogP contribution in [0.5, 0.6) is 5.75 Å². The monoisotopic (exact) mass is 306 g/mol. The quantitative estimate of drug-likeness (QED) is 0.746. The molecule has 0 saturated heterocycles. The van der Waals surface area contributed by atoms with Crippen molar-refractivity contribution in [2.75, 3.05) is 7.11 Å². The highest BCUT2D eigenvalue weighted by Crippen LogP contribution is 2.28. The largest absolute Gasteiger partial charge is 0.494 e. The zero-order valence-corrected chi connectivity index (χ0v) is 12.4. The Morgan fingerprint density at radius 3 is 2.78 bits per heavy atom. The molecule has 0 radical (unpaired) electrons. The van der Waals surface area contributed by atoms with Crippen LogP contribution >= 0.6 is 0 Å². The van der Waals surface area contributed by atoms with Crippen LogP contribution in [0.25, 0.3) is 10.9 Å². The number of carboxylic acids is 1. The van der Waals surface area contributed by atoms with Crippen molar-refractivity contribution in [3.63, 3.8) is 0 Å². The fraction of sp³-hybridized carbons (Fsp3) is 0.0556. The summed E-state index contributed by atoms with van der Waals surface area (Å²) in [6.45, 7) is 0. The van der Waals surface area contributed by atoms with Gasteiger partial charge in [-0.1, -0.05) is 24.3 Å². The molecule has 0 spiro atoms. The number of ether oxygens (including phenoxy) is 1. The van der Waals surface area contributed by atoms with Crippen molar-refractivity contribution in [2.24, 2.45) is 4.99 Å². The zero-order chi connectivity index (χ0) is 16.2. The molecule has 0 amide bonds. The summed E-state index contributed by atoms with van der Waals surface area (Å²) < 4.78 is 5.20. The summed E-state index contributed by atoms with van der Waals surface area (Å²) in [5.74, 6) is -0.600. The van der Waals surface area contributed by atoms with E-state index in [2.05, 4.69) is 9.98 Å². The van der Waals surface area contributed by atoms with Gasteiger partial charge in [0, 0.05) is 5.39 Å². The molecule has 2 aromatic carbocycles. The average molecular weight is 306 g/mol. The number of hydrogen-bond acceptors (Lipinski definition) is 4. The minimum absolute atomic E-state index is 0.157. The van der Waals surface area contributed by atoms with Gasteiger partial charge in [0.15, 0.2) is 0 Å². The maximum Gasteiger partial charge on any atom is 0.335 e. The lowest BCUT2D eigenvalue weighted by molar-refractivity contribution is 0.0696. The number of fused-ring (bicyclic) bond motifs is 1. The topological polar surface area (TPSA) is 71.8 Å². The van der Waals surface area contributed by atoms with E-state index in [1.54, 1.807) is 12.3 Å². The van der Waals surface area contributed by atoms with Crippen molar-refractivity contribution in [1.29, 1.82) is 0 Å². The number of pyridine rings is 1. The van der Waals surface area contributed by atoms with Gasteiger partial charge >= 0.3 is 5.97 Å². The fourth-order valence-electron chi connectivity index (χ4n) is 2.21. The molecule has 5 heteroatoms. The van der Waals surface area contributed by atoms with Crippen molar-refractivity contribution in [1.82, 2.24) is 4.98 Å². The molecule has 1 heterocycles. The predicted molar refractivity (Wildman–Crippen MR) is 89.0 cm³/mol. The summed E-state index contributed by atoms with van der Waals surface area (Å²) in [5.41, 5.74) is 2.31. The maximum atomic E-state index is 11.0. The summed E-state index contributed by atoms with van der Waals surface area (Å²) in [7, 11) is 1.48. The Morgan fingerprint density at radius 2 is 2.00 bits per heavy atom. The molecule has 0 unspecified atom stereocenters. The van der Waals surface area contributed by atoms with Crippen LogP contribution in [-0.4, -0.2) is 29.4 Å². The molecule has 0 aliphatic carbocycles. The second-order valence-corrected chi connectivity index (χ2v) is 4.88. The number of hydrogen-bond donors (Lipinski definition) is 1. The Bertz CT molecular complexity index is 904. The van der Waals surface area contributed by atoms with E-state index in [1.165, 1.54) is 19.2 Å². The van der Waals surface area contributed by atoms with Crippen LogP contribution in [0.1, 0.15) is 16.1 Å². The Balaban J connectivity index is 1.93. The number of aromatic nitrogens is 1. The Kier molecular flexibility index (Phi) is 4.01. The minimum Gasteiger partial charge on any atom is -0.494 e. The molecule has 0 aliphatic rings. The summed E-state index contributed by atoms with van der Waals surface area (Å²) in [4.78, 5) is 19.8. The lowest BCUT2D eigenvalue weighted by atomic mass is 10.2. The number of carbonyl (C=O) groups is 1. The van der Waals surface area contributed by atoms with Crippen LogP contribution in [0.4, 0.5) is 5.69 Å². The minimum atomic E-state index is -1.00. The number of para-hydroxylation sites is 1. The van der Waals surface area contributed by atoms with Crippen molar-refractivity contribution >= 4 is 28.8 Å². The van der Waals surface area contributed by atoms with Crippen LogP contribution in [0.2, 0.25) is 0 Å². The first kappa shape index (κ1) is 14.7. The number of aromatic carboxylic acids is 1. The molecular weight excluding hydrogens is 292 g/mol. The van der Waals surface area contributed by atoms with E-state index in [1.807, 2.05) is 36.4 Å². The first-order valence-electron chi connectivity index (χ1n) is 6.98.